The maximum Gasteiger partial charge on any atom is 0.339 e. The van der Waals surface area contributed by atoms with E-state index in [-0.39, 0.29) is 17.9 Å². The summed E-state index contributed by atoms with van der Waals surface area (Å²) in [4.78, 5) is 23.7. The summed E-state index contributed by atoms with van der Waals surface area (Å²) < 4.78 is 9.69. The van der Waals surface area contributed by atoms with Crippen LogP contribution in [0.5, 0.6) is 11.5 Å². The smallest absolute Gasteiger partial charge is 0.339 e. The zero-order valence-electron chi connectivity index (χ0n) is 13.3. The van der Waals surface area contributed by atoms with Gasteiger partial charge in [-0.1, -0.05) is 18.2 Å². The molecule has 24 heavy (non-hydrogen) atoms. The number of phenols is 1. The molecule has 0 bridgehead atoms. The number of hydrogen-bond donors (Lipinski definition) is 3. The van der Waals surface area contributed by atoms with Crippen LogP contribution in [-0.4, -0.2) is 31.3 Å². The van der Waals surface area contributed by atoms with Crippen molar-refractivity contribution in [3.05, 3.63) is 53.6 Å². The molecular weight excluding hydrogens is 312 g/mol. The van der Waals surface area contributed by atoms with Crippen LogP contribution in [-0.2, 0) is 11.3 Å². The van der Waals surface area contributed by atoms with Crippen LogP contribution in [0.1, 0.15) is 15.9 Å². The number of methoxy groups -OCH3 is 2. The number of ether oxygens (including phenoxy) is 2. The van der Waals surface area contributed by atoms with E-state index in [4.69, 9.17) is 4.74 Å². The highest BCUT2D eigenvalue weighted by molar-refractivity contribution is 6.00. The molecule has 0 atom stereocenters. The molecule has 7 heteroatoms. The number of rotatable bonds is 5. The zero-order valence-corrected chi connectivity index (χ0v) is 13.3. The Kier molecular flexibility index (Phi) is 5.62. The van der Waals surface area contributed by atoms with Crippen molar-refractivity contribution in [3.8, 4) is 11.5 Å². The third-order valence-corrected chi connectivity index (χ3v) is 3.28. The predicted molar refractivity (Wildman–Crippen MR) is 88.3 cm³/mol. The molecule has 2 amide bonds. The lowest BCUT2D eigenvalue weighted by Gasteiger charge is -2.11. The van der Waals surface area contributed by atoms with Gasteiger partial charge in [-0.15, -0.1) is 0 Å². The average molecular weight is 330 g/mol. The van der Waals surface area contributed by atoms with Crippen LogP contribution in [0.4, 0.5) is 10.5 Å². The number of esters is 1. The largest absolute Gasteiger partial charge is 0.504 e. The average Bonchev–Trinajstić information content (AvgIpc) is 2.60. The second-order valence-corrected chi connectivity index (χ2v) is 4.85. The van der Waals surface area contributed by atoms with Crippen molar-refractivity contribution in [2.45, 2.75) is 6.54 Å². The van der Waals surface area contributed by atoms with Gasteiger partial charge in [0, 0.05) is 6.54 Å². The van der Waals surface area contributed by atoms with Gasteiger partial charge >= 0.3 is 12.0 Å². The Bertz CT molecular complexity index is 746. The first-order valence-corrected chi connectivity index (χ1v) is 7.13. The number of benzene rings is 2. The van der Waals surface area contributed by atoms with Crippen molar-refractivity contribution < 1.29 is 24.2 Å². The van der Waals surface area contributed by atoms with Gasteiger partial charge < -0.3 is 25.2 Å². The first-order valence-electron chi connectivity index (χ1n) is 7.13. The maximum atomic E-state index is 12.0. The minimum absolute atomic E-state index is 0.0257. The third kappa shape index (κ3) is 4.16. The van der Waals surface area contributed by atoms with Crippen molar-refractivity contribution in [1.29, 1.82) is 0 Å². The summed E-state index contributed by atoms with van der Waals surface area (Å²) in [5.74, 6) is -0.183. The fourth-order valence-electron chi connectivity index (χ4n) is 2.06. The van der Waals surface area contributed by atoms with E-state index in [2.05, 4.69) is 15.4 Å². The van der Waals surface area contributed by atoms with E-state index in [1.807, 2.05) is 0 Å². The van der Waals surface area contributed by atoms with E-state index in [1.165, 1.54) is 20.3 Å². The van der Waals surface area contributed by atoms with Crippen molar-refractivity contribution >= 4 is 17.7 Å². The Labute approximate surface area is 139 Å². The highest BCUT2D eigenvalue weighted by atomic mass is 16.5. The van der Waals surface area contributed by atoms with Crippen LogP contribution < -0.4 is 15.4 Å². The van der Waals surface area contributed by atoms with E-state index in [0.717, 1.165) is 5.56 Å². The van der Waals surface area contributed by atoms with E-state index >= 15 is 0 Å². The number of urea groups is 1. The summed E-state index contributed by atoms with van der Waals surface area (Å²) in [5, 5.41) is 14.8. The predicted octanol–water partition coefficient (Wildman–Crippen LogP) is 2.51. The van der Waals surface area contributed by atoms with Crippen LogP contribution in [0.2, 0.25) is 0 Å². The lowest BCUT2D eigenvalue weighted by molar-refractivity contribution is 0.0602. The minimum Gasteiger partial charge on any atom is -0.504 e. The number of amides is 2. The Morgan fingerprint density at radius 3 is 2.58 bits per heavy atom. The van der Waals surface area contributed by atoms with Crippen LogP contribution in [0.3, 0.4) is 0 Å². The molecule has 2 aromatic carbocycles. The molecule has 0 spiro atoms. The van der Waals surface area contributed by atoms with Gasteiger partial charge in [-0.3, -0.25) is 0 Å². The summed E-state index contributed by atoms with van der Waals surface area (Å²) in [6, 6.07) is 10.9. The van der Waals surface area contributed by atoms with Gasteiger partial charge in [0.2, 0.25) is 0 Å². The van der Waals surface area contributed by atoms with Crippen molar-refractivity contribution in [1.82, 2.24) is 5.32 Å². The maximum absolute atomic E-state index is 12.0. The number of nitrogens with one attached hydrogen (secondary N) is 2. The molecule has 0 aromatic heterocycles. The Balaban J connectivity index is 2.01. The van der Waals surface area contributed by atoms with Crippen molar-refractivity contribution in [3.63, 3.8) is 0 Å². The first kappa shape index (κ1) is 17.1. The number of anilines is 1. The molecule has 0 saturated heterocycles. The summed E-state index contributed by atoms with van der Waals surface area (Å²) in [6.45, 7) is 0.225. The van der Waals surface area contributed by atoms with E-state index in [9.17, 15) is 14.7 Å². The monoisotopic (exact) mass is 330 g/mol. The summed E-state index contributed by atoms with van der Waals surface area (Å²) in [6.07, 6.45) is 0. The Morgan fingerprint density at radius 2 is 1.88 bits per heavy atom. The summed E-state index contributed by atoms with van der Waals surface area (Å²) >= 11 is 0. The van der Waals surface area contributed by atoms with Gasteiger partial charge in [0.25, 0.3) is 0 Å². The quantitative estimate of drug-likeness (QED) is 0.732. The molecule has 2 rings (SSSR count). The van der Waals surface area contributed by atoms with Crippen molar-refractivity contribution in [2.75, 3.05) is 19.5 Å². The van der Waals surface area contributed by atoms with Gasteiger partial charge in [0.15, 0.2) is 11.5 Å². The molecule has 126 valence electrons. The molecule has 0 aliphatic carbocycles. The molecule has 7 nitrogen and oxygen atoms in total. The van der Waals surface area contributed by atoms with E-state index in [1.54, 1.807) is 36.4 Å². The molecule has 2 aromatic rings. The lowest BCUT2D eigenvalue weighted by atomic mass is 10.2. The normalized spacial score (nSPS) is 9.92. The zero-order chi connectivity index (χ0) is 17.5. The number of hydrogen-bond acceptors (Lipinski definition) is 5. The Hall–Kier alpha value is -3.22. The number of carbonyl (C=O) groups excluding carboxylic acids is 2. The number of aromatic hydroxyl groups is 1. The lowest BCUT2D eigenvalue weighted by Crippen LogP contribution is -2.29. The van der Waals surface area contributed by atoms with Crippen molar-refractivity contribution in [2.24, 2.45) is 0 Å². The molecule has 0 fully saturated rings. The standard InChI is InChI=1S/C17H18N2O5/c1-23-15-9-11(7-8-14(15)20)10-18-17(22)19-13-6-4-3-5-12(13)16(21)24-2/h3-9,20H,10H2,1-2H3,(H2,18,19,22). The first-order chi connectivity index (χ1) is 11.5. The molecule has 0 aliphatic heterocycles. The van der Waals surface area contributed by atoms with Crippen LogP contribution in [0.15, 0.2) is 42.5 Å². The van der Waals surface area contributed by atoms with Crippen LogP contribution in [0, 0.1) is 0 Å². The summed E-state index contributed by atoms with van der Waals surface area (Å²) in [5.41, 5.74) is 1.37. The molecule has 0 radical (unpaired) electrons. The van der Waals surface area contributed by atoms with Gasteiger partial charge in [0.1, 0.15) is 0 Å². The second kappa shape index (κ2) is 7.87. The van der Waals surface area contributed by atoms with Crippen LogP contribution in [0.25, 0.3) is 0 Å². The fraction of sp³-hybridized carbons (Fsp3) is 0.176. The second-order valence-electron chi connectivity index (χ2n) is 4.85. The number of phenolic OH excluding ortho intramolecular Hbond substituents is 1. The van der Waals surface area contributed by atoms with Gasteiger partial charge in [-0.2, -0.15) is 0 Å². The van der Waals surface area contributed by atoms with Gasteiger partial charge in [0.05, 0.1) is 25.5 Å². The molecule has 3 N–H and O–H groups in total. The summed E-state index contributed by atoms with van der Waals surface area (Å²) in [7, 11) is 2.72. The van der Waals surface area contributed by atoms with E-state index in [0.29, 0.717) is 11.4 Å². The highest BCUT2D eigenvalue weighted by Gasteiger charge is 2.13. The molecule has 0 heterocycles. The van der Waals surface area contributed by atoms with E-state index < -0.39 is 12.0 Å². The minimum atomic E-state index is -0.533. The highest BCUT2D eigenvalue weighted by Crippen LogP contribution is 2.26. The third-order valence-electron chi connectivity index (χ3n) is 3.28. The molecule has 0 unspecified atom stereocenters. The molecular formula is C17H18N2O5. The molecule has 0 saturated carbocycles. The van der Waals surface area contributed by atoms with Crippen LogP contribution >= 0.6 is 0 Å². The topological polar surface area (TPSA) is 96.9 Å². The number of para-hydroxylation sites is 1. The van der Waals surface area contributed by atoms with Gasteiger partial charge in [-0.25, -0.2) is 9.59 Å². The Morgan fingerprint density at radius 1 is 1.12 bits per heavy atom. The molecule has 0 aliphatic rings. The number of carbonyl (C=O) groups is 2. The van der Waals surface area contributed by atoms with Gasteiger partial charge in [-0.05, 0) is 29.8 Å². The fourth-order valence-corrected chi connectivity index (χ4v) is 2.06. The SMILES string of the molecule is COC(=O)c1ccccc1NC(=O)NCc1ccc(O)c(OC)c1.